The third-order valence-electron chi connectivity index (χ3n) is 2.51. The number of guanidine groups is 1. The molecule has 1 aromatic heterocycles. The van der Waals surface area contributed by atoms with Gasteiger partial charge in [-0.1, -0.05) is 0 Å². The zero-order valence-electron chi connectivity index (χ0n) is 9.50. The lowest BCUT2D eigenvalue weighted by molar-refractivity contribution is 0.487. The number of rotatable bonds is 3. The summed E-state index contributed by atoms with van der Waals surface area (Å²) in [5.41, 5.74) is 6.67. The van der Waals surface area contributed by atoms with E-state index in [0.29, 0.717) is 18.5 Å². The smallest absolute Gasteiger partial charge is 0.191 e. The minimum absolute atomic E-state index is 0. The summed E-state index contributed by atoms with van der Waals surface area (Å²) in [6.45, 7) is 0.497. The largest absolute Gasteiger partial charge is 0.370 e. The molecule has 0 unspecified atom stereocenters. The van der Waals surface area contributed by atoms with Gasteiger partial charge < -0.3 is 10.6 Å². The van der Waals surface area contributed by atoms with Gasteiger partial charge in [0.25, 0.3) is 0 Å². The fourth-order valence-electron chi connectivity index (χ4n) is 1.38. The molecule has 16 heavy (non-hydrogen) atoms. The zero-order valence-corrected chi connectivity index (χ0v) is 11.8. The number of aliphatic imine (C=N–C) groups is 1. The van der Waals surface area contributed by atoms with E-state index in [2.05, 4.69) is 15.2 Å². The first-order valence-corrected chi connectivity index (χ1v) is 5.05. The quantitative estimate of drug-likeness (QED) is 0.491. The van der Waals surface area contributed by atoms with E-state index in [4.69, 9.17) is 5.73 Å². The van der Waals surface area contributed by atoms with Gasteiger partial charge in [-0.3, -0.25) is 0 Å². The Balaban J connectivity index is 0.00000128. The van der Waals surface area contributed by atoms with Crippen LogP contribution in [-0.2, 0) is 13.6 Å². The summed E-state index contributed by atoms with van der Waals surface area (Å²) < 4.78 is 0. The number of aryl methyl sites for hydroxylation is 1. The van der Waals surface area contributed by atoms with Gasteiger partial charge >= 0.3 is 0 Å². The first kappa shape index (κ1) is 13.2. The van der Waals surface area contributed by atoms with E-state index in [1.54, 1.807) is 13.2 Å². The Hall–Kier alpha value is -0.860. The Morgan fingerprint density at radius 2 is 2.38 bits per heavy atom. The number of hydrogen-bond donors (Lipinski definition) is 1. The first-order valence-electron chi connectivity index (χ1n) is 5.05. The highest BCUT2D eigenvalue weighted by Crippen LogP contribution is 2.24. The van der Waals surface area contributed by atoms with Gasteiger partial charge in [-0.2, -0.15) is 15.0 Å². The van der Waals surface area contributed by atoms with Crippen molar-refractivity contribution in [1.82, 2.24) is 19.9 Å². The first-order chi connectivity index (χ1) is 7.16. The normalized spacial score (nSPS) is 15.8. The van der Waals surface area contributed by atoms with Crippen molar-refractivity contribution < 1.29 is 0 Å². The highest BCUT2D eigenvalue weighted by atomic mass is 127. The summed E-state index contributed by atoms with van der Waals surface area (Å²) in [5.74, 6) is 0.586. The van der Waals surface area contributed by atoms with Crippen molar-refractivity contribution in [2.75, 3.05) is 7.05 Å². The molecule has 1 saturated carbocycles. The second-order valence-electron chi connectivity index (χ2n) is 3.84. The van der Waals surface area contributed by atoms with Crippen LogP contribution in [0.2, 0.25) is 0 Å². The average molecular weight is 336 g/mol. The summed E-state index contributed by atoms with van der Waals surface area (Å²) in [6, 6.07) is 0.593. The van der Waals surface area contributed by atoms with Crippen LogP contribution in [0, 0.1) is 0 Å². The van der Waals surface area contributed by atoms with Gasteiger partial charge in [0.05, 0.1) is 12.7 Å². The summed E-state index contributed by atoms with van der Waals surface area (Å²) in [5, 5.41) is 8.10. The van der Waals surface area contributed by atoms with Gasteiger partial charge in [-0.25, -0.2) is 4.99 Å². The molecule has 0 bridgehead atoms. The zero-order chi connectivity index (χ0) is 10.8. The second-order valence-corrected chi connectivity index (χ2v) is 3.84. The molecule has 1 aromatic rings. The Labute approximate surface area is 112 Å². The van der Waals surface area contributed by atoms with Crippen molar-refractivity contribution in [2.24, 2.45) is 17.8 Å². The summed E-state index contributed by atoms with van der Waals surface area (Å²) in [7, 11) is 3.76. The van der Waals surface area contributed by atoms with E-state index >= 15 is 0 Å². The van der Waals surface area contributed by atoms with Crippen LogP contribution in [0.5, 0.6) is 0 Å². The van der Waals surface area contributed by atoms with Gasteiger partial charge in [0.1, 0.15) is 5.69 Å². The SMILES string of the molecule is CN(C(N)=NCc1cnn(C)n1)C1CC1.I. The maximum atomic E-state index is 5.83. The molecular formula is C9H17IN6. The Kier molecular flexibility index (Phi) is 4.51. The number of hydrogen-bond acceptors (Lipinski definition) is 3. The van der Waals surface area contributed by atoms with Crippen molar-refractivity contribution in [3.05, 3.63) is 11.9 Å². The van der Waals surface area contributed by atoms with Gasteiger partial charge in [-0.15, -0.1) is 24.0 Å². The van der Waals surface area contributed by atoms with Crippen molar-refractivity contribution >= 4 is 29.9 Å². The lowest BCUT2D eigenvalue weighted by atomic mass is 10.5. The second kappa shape index (κ2) is 5.46. The average Bonchev–Trinajstić information content (AvgIpc) is 2.98. The number of nitrogens with zero attached hydrogens (tertiary/aromatic N) is 5. The van der Waals surface area contributed by atoms with Crippen LogP contribution in [0.15, 0.2) is 11.2 Å². The Morgan fingerprint density at radius 3 is 2.88 bits per heavy atom. The predicted octanol–water partition coefficient (Wildman–Crippen LogP) is 0.342. The maximum absolute atomic E-state index is 5.83. The van der Waals surface area contributed by atoms with E-state index in [-0.39, 0.29) is 24.0 Å². The summed E-state index contributed by atoms with van der Waals surface area (Å²) in [4.78, 5) is 7.82. The molecule has 1 heterocycles. The van der Waals surface area contributed by atoms with Crippen LogP contribution in [0.3, 0.4) is 0 Å². The highest BCUT2D eigenvalue weighted by molar-refractivity contribution is 14.0. The van der Waals surface area contributed by atoms with Gasteiger partial charge in [0.15, 0.2) is 5.96 Å². The number of halogens is 1. The molecule has 2 N–H and O–H groups in total. The lowest BCUT2D eigenvalue weighted by Gasteiger charge is -2.16. The molecule has 1 aliphatic rings. The van der Waals surface area contributed by atoms with Gasteiger partial charge in [0, 0.05) is 20.1 Å². The molecule has 1 fully saturated rings. The molecule has 6 nitrogen and oxygen atoms in total. The van der Waals surface area contributed by atoms with Crippen LogP contribution in [0.25, 0.3) is 0 Å². The van der Waals surface area contributed by atoms with Gasteiger partial charge in [0.2, 0.25) is 0 Å². The monoisotopic (exact) mass is 336 g/mol. The van der Waals surface area contributed by atoms with E-state index in [1.165, 1.54) is 17.6 Å². The molecule has 0 amide bonds. The molecule has 0 aliphatic heterocycles. The molecule has 0 aromatic carbocycles. The molecule has 0 spiro atoms. The standard InChI is InChI=1S/C9H16N6.HI/c1-14(8-3-4-8)9(10)11-5-7-6-12-15(2)13-7;/h6,8H,3-5H2,1-2H3,(H2,10,11);1H. The number of aromatic nitrogens is 3. The van der Waals surface area contributed by atoms with Crippen LogP contribution in [0.1, 0.15) is 18.5 Å². The highest BCUT2D eigenvalue weighted by Gasteiger charge is 2.27. The van der Waals surface area contributed by atoms with Crippen LogP contribution < -0.4 is 5.73 Å². The topological polar surface area (TPSA) is 72.3 Å². The molecular weight excluding hydrogens is 319 g/mol. The molecule has 0 atom stereocenters. The maximum Gasteiger partial charge on any atom is 0.191 e. The third kappa shape index (κ3) is 3.32. The Bertz CT molecular complexity index is 370. The van der Waals surface area contributed by atoms with E-state index in [0.717, 1.165) is 5.69 Å². The van der Waals surface area contributed by atoms with E-state index < -0.39 is 0 Å². The van der Waals surface area contributed by atoms with Crippen LogP contribution >= 0.6 is 24.0 Å². The van der Waals surface area contributed by atoms with Crippen LogP contribution in [-0.4, -0.2) is 38.9 Å². The predicted molar refractivity (Wildman–Crippen MR) is 72.5 cm³/mol. The lowest BCUT2D eigenvalue weighted by Crippen LogP contribution is -2.35. The Morgan fingerprint density at radius 1 is 1.69 bits per heavy atom. The molecule has 0 saturated heterocycles. The molecule has 7 heteroatoms. The van der Waals surface area contributed by atoms with Crippen molar-refractivity contribution in [1.29, 1.82) is 0 Å². The van der Waals surface area contributed by atoms with Crippen molar-refractivity contribution in [3.63, 3.8) is 0 Å². The fourth-order valence-corrected chi connectivity index (χ4v) is 1.38. The summed E-state index contributed by atoms with van der Waals surface area (Å²) >= 11 is 0. The summed E-state index contributed by atoms with van der Waals surface area (Å²) in [6.07, 6.45) is 4.14. The minimum atomic E-state index is 0. The molecule has 2 rings (SSSR count). The molecule has 90 valence electrons. The molecule has 1 aliphatic carbocycles. The van der Waals surface area contributed by atoms with Crippen molar-refractivity contribution in [2.45, 2.75) is 25.4 Å². The van der Waals surface area contributed by atoms with Gasteiger partial charge in [-0.05, 0) is 12.8 Å². The van der Waals surface area contributed by atoms with Crippen LogP contribution in [0.4, 0.5) is 0 Å². The fraction of sp³-hybridized carbons (Fsp3) is 0.667. The third-order valence-corrected chi connectivity index (χ3v) is 2.51. The van der Waals surface area contributed by atoms with E-state index in [9.17, 15) is 0 Å². The minimum Gasteiger partial charge on any atom is -0.370 e. The number of nitrogens with two attached hydrogens (primary N) is 1. The van der Waals surface area contributed by atoms with E-state index in [1.807, 2.05) is 11.9 Å². The molecule has 0 radical (unpaired) electrons. The van der Waals surface area contributed by atoms with Crippen molar-refractivity contribution in [3.8, 4) is 0 Å².